The first-order valence-electron chi connectivity index (χ1n) is 8.48. The molecule has 3 nitrogen and oxygen atoms in total. The summed E-state index contributed by atoms with van der Waals surface area (Å²) in [5.41, 5.74) is 10.2. The van der Waals surface area contributed by atoms with Gasteiger partial charge in [0.1, 0.15) is 12.4 Å². The van der Waals surface area contributed by atoms with E-state index in [2.05, 4.69) is 0 Å². The molecule has 0 aromatic heterocycles. The van der Waals surface area contributed by atoms with E-state index < -0.39 is 5.91 Å². The highest BCUT2D eigenvalue weighted by Crippen LogP contribution is 2.32. The molecule has 26 heavy (non-hydrogen) atoms. The van der Waals surface area contributed by atoms with Crippen molar-refractivity contribution >= 4 is 11.5 Å². The van der Waals surface area contributed by atoms with E-state index in [1.165, 1.54) is 6.08 Å². The summed E-state index contributed by atoms with van der Waals surface area (Å²) in [5.74, 6) is 0.232. The van der Waals surface area contributed by atoms with Gasteiger partial charge in [-0.15, -0.1) is 0 Å². The molecule has 0 saturated heterocycles. The van der Waals surface area contributed by atoms with Crippen molar-refractivity contribution in [3.8, 4) is 5.75 Å². The Morgan fingerprint density at radius 2 is 1.62 bits per heavy atom. The average molecular weight is 343 g/mol. The molecule has 130 valence electrons. The number of rotatable bonds is 6. The van der Waals surface area contributed by atoms with Crippen LogP contribution in [-0.2, 0) is 11.4 Å². The SMILES string of the molecule is Cc1ccc(OCc2ccccc2)c(/C(=C/C(N)=O)c2ccccc2)c1. The fraction of sp³-hybridized carbons (Fsp3) is 0.0870. The Labute approximate surface area is 153 Å². The first-order valence-corrected chi connectivity index (χ1v) is 8.48. The Morgan fingerprint density at radius 1 is 0.962 bits per heavy atom. The summed E-state index contributed by atoms with van der Waals surface area (Å²) < 4.78 is 6.07. The van der Waals surface area contributed by atoms with Gasteiger partial charge in [0.05, 0.1) is 0 Å². The number of carbonyl (C=O) groups excluding carboxylic acids is 1. The molecule has 1 amide bonds. The molecule has 2 N–H and O–H groups in total. The lowest BCUT2D eigenvalue weighted by atomic mass is 9.95. The van der Waals surface area contributed by atoms with Gasteiger partial charge in [-0.05, 0) is 35.8 Å². The maximum atomic E-state index is 11.6. The largest absolute Gasteiger partial charge is 0.488 e. The van der Waals surface area contributed by atoms with Gasteiger partial charge < -0.3 is 10.5 Å². The molecule has 0 atom stereocenters. The van der Waals surface area contributed by atoms with E-state index in [1.54, 1.807) is 0 Å². The number of amides is 1. The fourth-order valence-corrected chi connectivity index (χ4v) is 2.79. The van der Waals surface area contributed by atoms with Gasteiger partial charge in [0, 0.05) is 11.6 Å². The summed E-state index contributed by atoms with van der Waals surface area (Å²) in [4.78, 5) is 11.6. The molecule has 0 heterocycles. The molecule has 3 aromatic rings. The number of aryl methyl sites for hydroxylation is 1. The van der Waals surface area contributed by atoms with Gasteiger partial charge in [-0.1, -0.05) is 72.3 Å². The second-order valence-corrected chi connectivity index (χ2v) is 6.10. The number of primary amides is 1. The summed E-state index contributed by atoms with van der Waals surface area (Å²) in [5, 5.41) is 0. The van der Waals surface area contributed by atoms with Crippen LogP contribution in [-0.4, -0.2) is 5.91 Å². The standard InChI is InChI=1S/C23H21NO2/c1-17-12-13-22(26-16-18-8-4-2-5-9-18)21(14-17)20(15-23(24)25)19-10-6-3-7-11-19/h2-15H,16H2,1H3,(H2,24,25)/b20-15+. The highest BCUT2D eigenvalue weighted by atomic mass is 16.5. The van der Waals surface area contributed by atoms with Crippen LogP contribution in [0.2, 0.25) is 0 Å². The van der Waals surface area contributed by atoms with Crippen LogP contribution in [0.5, 0.6) is 5.75 Å². The third kappa shape index (κ3) is 4.39. The zero-order valence-corrected chi connectivity index (χ0v) is 14.7. The van der Waals surface area contributed by atoms with Gasteiger partial charge in [-0.2, -0.15) is 0 Å². The Hall–Kier alpha value is -3.33. The van der Waals surface area contributed by atoms with Gasteiger partial charge in [0.15, 0.2) is 0 Å². The minimum Gasteiger partial charge on any atom is -0.488 e. The van der Waals surface area contributed by atoms with Crippen LogP contribution < -0.4 is 10.5 Å². The first kappa shape index (κ1) is 17.5. The van der Waals surface area contributed by atoms with Crippen LogP contribution in [0.15, 0.2) is 84.9 Å². The highest BCUT2D eigenvalue weighted by Gasteiger charge is 2.13. The van der Waals surface area contributed by atoms with Crippen LogP contribution >= 0.6 is 0 Å². The number of hydrogen-bond acceptors (Lipinski definition) is 2. The van der Waals surface area contributed by atoms with Crippen molar-refractivity contribution in [1.29, 1.82) is 0 Å². The number of ether oxygens (including phenoxy) is 1. The molecule has 3 heteroatoms. The smallest absolute Gasteiger partial charge is 0.242 e. The minimum absolute atomic E-state index is 0.454. The van der Waals surface area contributed by atoms with E-state index in [4.69, 9.17) is 10.5 Å². The van der Waals surface area contributed by atoms with Gasteiger partial charge in [0.2, 0.25) is 5.91 Å². The molecule has 0 radical (unpaired) electrons. The summed E-state index contributed by atoms with van der Waals surface area (Å²) >= 11 is 0. The average Bonchev–Trinajstić information content (AvgIpc) is 2.66. The van der Waals surface area contributed by atoms with E-state index in [9.17, 15) is 4.79 Å². The van der Waals surface area contributed by atoms with Crippen molar-refractivity contribution in [2.75, 3.05) is 0 Å². The lowest BCUT2D eigenvalue weighted by Gasteiger charge is -2.15. The van der Waals surface area contributed by atoms with Gasteiger partial charge in [-0.25, -0.2) is 0 Å². The van der Waals surface area contributed by atoms with Gasteiger partial charge in [0.25, 0.3) is 0 Å². The van der Waals surface area contributed by atoms with Crippen LogP contribution in [0.4, 0.5) is 0 Å². The predicted molar refractivity (Wildman–Crippen MR) is 105 cm³/mol. The highest BCUT2D eigenvalue weighted by molar-refractivity contribution is 5.99. The van der Waals surface area contributed by atoms with E-state index in [0.29, 0.717) is 6.61 Å². The van der Waals surface area contributed by atoms with Crippen molar-refractivity contribution in [2.45, 2.75) is 13.5 Å². The van der Waals surface area contributed by atoms with E-state index in [1.807, 2.05) is 85.8 Å². The third-order valence-corrected chi connectivity index (χ3v) is 4.03. The maximum absolute atomic E-state index is 11.6. The normalized spacial score (nSPS) is 11.2. The summed E-state index contributed by atoms with van der Waals surface area (Å²) in [7, 11) is 0. The number of carbonyl (C=O) groups is 1. The van der Waals surface area contributed by atoms with Crippen molar-refractivity contribution in [3.05, 3.63) is 107 Å². The number of benzene rings is 3. The minimum atomic E-state index is -0.487. The Kier molecular flexibility index (Phi) is 5.49. The van der Waals surface area contributed by atoms with Crippen LogP contribution in [0.3, 0.4) is 0 Å². The number of hydrogen-bond donors (Lipinski definition) is 1. The topological polar surface area (TPSA) is 52.3 Å². The van der Waals surface area contributed by atoms with Gasteiger partial charge >= 0.3 is 0 Å². The zero-order chi connectivity index (χ0) is 18.4. The fourth-order valence-electron chi connectivity index (χ4n) is 2.79. The van der Waals surface area contributed by atoms with E-state index in [-0.39, 0.29) is 0 Å². The molecule has 0 aliphatic rings. The quantitative estimate of drug-likeness (QED) is 0.670. The van der Waals surface area contributed by atoms with E-state index in [0.717, 1.165) is 33.6 Å². The molecule has 0 aliphatic heterocycles. The lowest BCUT2D eigenvalue weighted by molar-refractivity contribution is -0.113. The van der Waals surface area contributed by atoms with E-state index >= 15 is 0 Å². The van der Waals surface area contributed by atoms with Crippen LogP contribution in [0, 0.1) is 6.92 Å². The van der Waals surface area contributed by atoms with Gasteiger partial charge in [-0.3, -0.25) is 4.79 Å². The summed E-state index contributed by atoms with van der Waals surface area (Å²) in [6.07, 6.45) is 1.46. The molecular formula is C23H21NO2. The summed E-state index contributed by atoms with van der Waals surface area (Å²) in [6.45, 7) is 2.47. The Bertz CT molecular complexity index is 915. The second-order valence-electron chi connectivity index (χ2n) is 6.10. The maximum Gasteiger partial charge on any atom is 0.242 e. The molecule has 0 spiro atoms. The molecule has 3 aromatic carbocycles. The van der Waals surface area contributed by atoms with Crippen molar-refractivity contribution in [3.63, 3.8) is 0 Å². The van der Waals surface area contributed by atoms with Crippen molar-refractivity contribution in [1.82, 2.24) is 0 Å². The predicted octanol–water partition coefficient (Wildman–Crippen LogP) is 4.49. The first-order chi connectivity index (χ1) is 12.6. The molecule has 0 unspecified atom stereocenters. The Morgan fingerprint density at radius 3 is 2.27 bits per heavy atom. The summed E-state index contributed by atoms with van der Waals surface area (Å²) in [6, 6.07) is 25.7. The molecule has 0 saturated carbocycles. The second kappa shape index (κ2) is 8.17. The lowest BCUT2D eigenvalue weighted by Crippen LogP contribution is -2.08. The van der Waals surface area contributed by atoms with Crippen molar-refractivity contribution in [2.24, 2.45) is 5.73 Å². The molecule has 0 bridgehead atoms. The monoisotopic (exact) mass is 343 g/mol. The Balaban J connectivity index is 2.01. The van der Waals surface area contributed by atoms with Crippen LogP contribution in [0.1, 0.15) is 22.3 Å². The molecule has 3 rings (SSSR count). The third-order valence-electron chi connectivity index (χ3n) is 4.03. The van der Waals surface area contributed by atoms with Crippen molar-refractivity contribution < 1.29 is 9.53 Å². The molecule has 0 fully saturated rings. The van der Waals surface area contributed by atoms with Crippen LogP contribution in [0.25, 0.3) is 5.57 Å². The molecular weight excluding hydrogens is 322 g/mol. The number of nitrogens with two attached hydrogens (primary N) is 1. The molecule has 0 aliphatic carbocycles. The zero-order valence-electron chi connectivity index (χ0n) is 14.7.